The molecule has 0 amide bonds. The maximum absolute atomic E-state index is 6.17. The van der Waals surface area contributed by atoms with Gasteiger partial charge in [-0.2, -0.15) is 0 Å². The summed E-state index contributed by atoms with van der Waals surface area (Å²) >= 11 is 3.78. The Morgan fingerprint density at radius 1 is 1.20 bits per heavy atom. The predicted molar refractivity (Wildman–Crippen MR) is 83.7 cm³/mol. The molecule has 0 aromatic heterocycles. The van der Waals surface area contributed by atoms with Crippen molar-refractivity contribution in [3.05, 3.63) is 21.7 Å². The Hall–Kier alpha value is -0.740. The monoisotopic (exact) mass is 339 g/mol. The van der Waals surface area contributed by atoms with Crippen molar-refractivity contribution in [1.29, 1.82) is 0 Å². The quantitative estimate of drug-likeness (QED) is 0.893. The molecule has 1 aromatic carbocycles. The Morgan fingerprint density at radius 3 is 2.60 bits per heavy atom. The molecule has 0 spiro atoms. The molecule has 1 saturated carbocycles. The van der Waals surface area contributed by atoms with Crippen LogP contribution in [0.3, 0.4) is 0 Å². The molecule has 3 rings (SSSR count). The lowest BCUT2D eigenvalue weighted by atomic mass is 9.69. The normalized spacial score (nSPS) is 20.8. The molecule has 0 atom stereocenters. The number of fused-ring (bicyclic) bond motifs is 1. The topological polar surface area (TPSA) is 44.5 Å². The summed E-state index contributed by atoms with van der Waals surface area (Å²) in [6.45, 7) is 4.05. The first-order valence-electron chi connectivity index (χ1n) is 7.47. The first-order chi connectivity index (χ1) is 9.68. The molecule has 1 aliphatic heterocycles. The molecule has 0 radical (unpaired) electrons. The molecule has 4 heteroatoms. The summed E-state index contributed by atoms with van der Waals surface area (Å²) in [5.74, 6) is 1.76. The van der Waals surface area contributed by atoms with Gasteiger partial charge >= 0.3 is 0 Å². The van der Waals surface area contributed by atoms with Crippen molar-refractivity contribution in [3.8, 4) is 11.5 Å². The van der Waals surface area contributed by atoms with E-state index in [-0.39, 0.29) is 5.41 Å². The van der Waals surface area contributed by atoms with E-state index in [2.05, 4.69) is 28.9 Å². The molecule has 0 unspecified atom stereocenters. The van der Waals surface area contributed by atoms with E-state index in [0.717, 1.165) is 21.5 Å². The van der Waals surface area contributed by atoms with Gasteiger partial charge in [0.05, 0.1) is 0 Å². The van der Waals surface area contributed by atoms with Crippen LogP contribution in [0.4, 0.5) is 0 Å². The number of benzene rings is 1. The Morgan fingerprint density at radius 2 is 1.90 bits per heavy atom. The number of ether oxygens (including phenoxy) is 2. The predicted octanol–water partition coefficient (Wildman–Crippen LogP) is 3.69. The third-order valence-corrected chi connectivity index (χ3v) is 5.79. The van der Waals surface area contributed by atoms with Gasteiger partial charge in [0.1, 0.15) is 13.2 Å². The highest BCUT2D eigenvalue weighted by Gasteiger charge is 2.36. The van der Waals surface area contributed by atoms with Crippen LogP contribution in [0.15, 0.2) is 10.5 Å². The zero-order chi connectivity index (χ0) is 14.2. The summed E-state index contributed by atoms with van der Waals surface area (Å²) in [5.41, 5.74) is 8.71. The fourth-order valence-corrected chi connectivity index (χ4v) is 4.24. The second-order valence-electron chi connectivity index (χ2n) is 5.93. The summed E-state index contributed by atoms with van der Waals surface area (Å²) in [6, 6.07) is 2.16. The average molecular weight is 340 g/mol. The second-order valence-corrected chi connectivity index (χ2v) is 6.73. The molecule has 3 nitrogen and oxygen atoms in total. The van der Waals surface area contributed by atoms with Crippen molar-refractivity contribution in [1.82, 2.24) is 0 Å². The van der Waals surface area contributed by atoms with E-state index in [0.29, 0.717) is 19.8 Å². The van der Waals surface area contributed by atoms with Crippen LogP contribution in [0.25, 0.3) is 0 Å². The van der Waals surface area contributed by atoms with Crippen LogP contribution in [0.1, 0.15) is 43.2 Å². The molecule has 2 N–H and O–H groups in total. The Labute approximate surface area is 129 Å². The lowest BCUT2D eigenvalue weighted by Crippen LogP contribution is -2.37. The van der Waals surface area contributed by atoms with Crippen molar-refractivity contribution in [2.45, 2.75) is 44.4 Å². The van der Waals surface area contributed by atoms with Crippen LogP contribution in [0.2, 0.25) is 0 Å². The molecule has 1 fully saturated rings. The van der Waals surface area contributed by atoms with E-state index >= 15 is 0 Å². The summed E-state index contributed by atoms with van der Waals surface area (Å²) in [6.07, 6.45) is 6.18. The fourth-order valence-electron chi connectivity index (χ4n) is 3.53. The highest BCUT2D eigenvalue weighted by Crippen LogP contribution is 2.48. The van der Waals surface area contributed by atoms with Crippen molar-refractivity contribution in [3.63, 3.8) is 0 Å². The Balaban J connectivity index is 2.10. The zero-order valence-electron chi connectivity index (χ0n) is 12.0. The molecule has 1 aromatic rings. The van der Waals surface area contributed by atoms with Crippen LogP contribution < -0.4 is 15.2 Å². The van der Waals surface area contributed by atoms with Gasteiger partial charge < -0.3 is 15.2 Å². The number of hydrogen-bond acceptors (Lipinski definition) is 3. The van der Waals surface area contributed by atoms with Gasteiger partial charge in [0.15, 0.2) is 11.5 Å². The van der Waals surface area contributed by atoms with Crippen LogP contribution in [-0.2, 0) is 5.41 Å². The maximum atomic E-state index is 6.17. The Bertz CT molecular complexity index is 510. The highest BCUT2D eigenvalue weighted by atomic mass is 79.9. The fraction of sp³-hybridized carbons (Fsp3) is 0.625. The molecule has 20 heavy (non-hydrogen) atoms. The van der Waals surface area contributed by atoms with Crippen LogP contribution in [0.5, 0.6) is 11.5 Å². The molecular weight excluding hydrogens is 318 g/mol. The third kappa shape index (κ3) is 2.23. The summed E-state index contributed by atoms with van der Waals surface area (Å²) in [5, 5.41) is 0. The molecule has 0 bridgehead atoms. The van der Waals surface area contributed by atoms with Gasteiger partial charge in [-0.25, -0.2) is 0 Å². The molecular formula is C16H22BrNO2. The van der Waals surface area contributed by atoms with E-state index in [9.17, 15) is 0 Å². The standard InChI is InChI=1S/C16H22BrNO2/c1-11-14(17)12(9-13-15(11)20-8-7-19-13)16(10-18)5-3-2-4-6-16/h9H,2-8,10,18H2,1H3. The Kier molecular flexibility index (Phi) is 3.95. The summed E-state index contributed by atoms with van der Waals surface area (Å²) in [7, 11) is 0. The molecule has 2 aliphatic rings. The van der Waals surface area contributed by atoms with E-state index < -0.39 is 0 Å². The van der Waals surface area contributed by atoms with Crippen molar-refractivity contribution in [2.24, 2.45) is 5.73 Å². The average Bonchev–Trinajstić information content (AvgIpc) is 2.51. The number of hydrogen-bond donors (Lipinski definition) is 1. The van der Waals surface area contributed by atoms with Crippen molar-refractivity contribution < 1.29 is 9.47 Å². The maximum Gasteiger partial charge on any atom is 0.165 e. The minimum Gasteiger partial charge on any atom is -0.486 e. The molecule has 110 valence electrons. The number of nitrogens with two attached hydrogens (primary N) is 1. The SMILES string of the molecule is Cc1c(Br)c(C2(CN)CCCCC2)cc2c1OCCO2. The van der Waals surface area contributed by atoms with Crippen LogP contribution in [0, 0.1) is 6.92 Å². The van der Waals surface area contributed by atoms with Crippen LogP contribution in [-0.4, -0.2) is 19.8 Å². The molecule has 0 saturated heterocycles. The first kappa shape index (κ1) is 14.2. The van der Waals surface area contributed by atoms with E-state index in [1.54, 1.807) is 0 Å². The van der Waals surface area contributed by atoms with Gasteiger partial charge in [0.2, 0.25) is 0 Å². The van der Waals surface area contributed by atoms with Crippen LogP contribution >= 0.6 is 15.9 Å². The van der Waals surface area contributed by atoms with Crippen molar-refractivity contribution in [2.75, 3.05) is 19.8 Å². The minimum atomic E-state index is 0.0949. The number of halogens is 1. The highest BCUT2D eigenvalue weighted by molar-refractivity contribution is 9.10. The van der Waals surface area contributed by atoms with Gasteiger partial charge in [0.25, 0.3) is 0 Å². The van der Waals surface area contributed by atoms with Gasteiger partial charge in [-0.15, -0.1) is 0 Å². The van der Waals surface area contributed by atoms with E-state index in [1.165, 1.54) is 37.7 Å². The largest absolute Gasteiger partial charge is 0.486 e. The lowest BCUT2D eigenvalue weighted by molar-refractivity contribution is 0.169. The van der Waals surface area contributed by atoms with E-state index in [4.69, 9.17) is 15.2 Å². The molecule has 1 aliphatic carbocycles. The smallest absolute Gasteiger partial charge is 0.165 e. The van der Waals surface area contributed by atoms with E-state index in [1.807, 2.05) is 0 Å². The third-order valence-electron chi connectivity index (χ3n) is 4.77. The minimum absolute atomic E-state index is 0.0949. The molecule has 1 heterocycles. The second kappa shape index (κ2) is 5.57. The summed E-state index contributed by atoms with van der Waals surface area (Å²) < 4.78 is 12.7. The lowest BCUT2D eigenvalue weighted by Gasteiger charge is -2.38. The number of rotatable bonds is 2. The first-order valence-corrected chi connectivity index (χ1v) is 8.26. The van der Waals surface area contributed by atoms with Gasteiger partial charge in [0, 0.05) is 22.0 Å². The van der Waals surface area contributed by atoms with Crippen molar-refractivity contribution >= 4 is 15.9 Å². The van der Waals surface area contributed by atoms with Gasteiger partial charge in [-0.05, 0) is 31.4 Å². The van der Waals surface area contributed by atoms with Gasteiger partial charge in [-0.1, -0.05) is 35.2 Å². The van der Waals surface area contributed by atoms with Gasteiger partial charge in [-0.3, -0.25) is 0 Å². The summed E-state index contributed by atoms with van der Waals surface area (Å²) in [4.78, 5) is 0. The zero-order valence-corrected chi connectivity index (χ0v) is 13.6.